The fourth-order valence-corrected chi connectivity index (χ4v) is 5.05. The summed E-state index contributed by atoms with van der Waals surface area (Å²) in [4.78, 5) is 30.5. The minimum absolute atomic E-state index is 0.225. The lowest BCUT2D eigenvalue weighted by Crippen LogP contribution is -2.47. The fraction of sp³-hybridized carbons (Fsp3) is 0.310. The maximum Gasteiger partial charge on any atom is 0.323 e. The summed E-state index contributed by atoms with van der Waals surface area (Å²) in [6.07, 6.45) is 0.689. The molecule has 0 atom stereocenters. The van der Waals surface area contributed by atoms with Gasteiger partial charge in [-0.1, -0.05) is 41.4 Å². The number of piperazine rings is 1. The number of nitrogens with one attached hydrogen (secondary N) is 3. The number of nitrogens with zero attached hydrogens (tertiary/aromatic N) is 2. The van der Waals surface area contributed by atoms with Gasteiger partial charge in [-0.15, -0.1) is 0 Å². The Morgan fingerprint density at radius 1 is 0.850 bits per heavy atom. The van der Waals surface area contributed by atoms with Crippen molar-refractivity contribution >= 4 is 57.9 Å². The monoisotopic (exact) mass is 585 g/mol. The van der Waals surface area contributed by atoms with Gasteiger partial charge in [-0.05, 0) is 48.9 Å². The molecule has 1 fully saturated rings. The maximum absolute atomic E-state index is 13.3. The smallest absolute Gasteiger partial charge is 0.323 e. The largest absolute Gasteiger partial charge is 0.495 e. The van der Waals surface area contributed by atoms with Gasteiger partial charge in [0.2, 0.25) is 0 Å². The van der Waals surface area contributed by atoms with Crippen LogP contribution in [0.25, 0.3) is 0 Å². The summed E-state index contributed by atoms with van der Waals surface area (Å²) in [6, 6.07) is 17.7. The third-order valence-electron chi connectivity index (χ3n) is 6.56. The van der Waals surface area contributed by atoms with Crippen LogP contribution in [0.2, 0.25) is 10.0 Å². The first-order valence-corrected chi connectivity index (χ1v) is 13.7. The molecule has 3 aromatic rings. The van der Waals surface area contributed by atoms with Crippen molar-refractivity contribution in [3.63, 3.8) is 0 Å². The van der Waals surface area contributed by atoms with Crippen molar-refractivity contribution < 1.29 is 19.1 Å². The van der Waals surface area contributed by atoms with Gasteiger partial charge in [0.1, 0.15) is 5.75 Å². The summed E-state index contributed by atoms with van der Waals surface area (Å²) >= 11 is 12.4. The molecule has 3 aromatic carbocycles. The highest BCUT2D eigenvalue weighted by Gasteiger charge is 2.24. The van der Waals surface area contributed by atoms with Crippen LogP contribution in [0, 0.1) is 0 Å². The first-order chi connectivity index (χ1) is 19.4. The molecule has 212 valence electrons. The molecular formula is C29H33Cl2N5O4. The van der Waals surface area contributed by atoms with Crippen molar-refractivity contribution in [3.8, 4) is 5.75 Å². The Morgan fingerprint density at radius 3 is 2.20 bits per heavy atom. The van der Waals surface area contributed by atoms with Gasteiger partial charge in [0.15, 0.2) is 0 Å². The third kappa shape index (κ3) is 7.29. The predicted octanol–water partition coefficient (Wildman–Crippen LogP) is 5.74. The third-order valence-corrected chi connectivity index (χ3v) is 7.19. The second-order valence-electron chi connectivity index (χ2n) is 9.16. The van der Waals surface area contributed by atoms with E-state index in [0.29, 0.717) is 59.6 Å². The lowest BCUT2D eigenvalue weighted by Gasteiger charge is -2.38. The Balaban J connectivity index is 1.51. The Kier molecular flexibility index (Phi) is 10.3. The Hall–Kier alpha value is -3.66. The Labute approximate surface area is 244 Å². The molecule has 4 rings (SSSR count). The molecule has 1 aliphatic heterocycles. The lowest BCUT2D eigenvalue weighted by molar-refractivity contribution is 0.0949. The van der Waals surface area contributed by atoms with Crippen molar-refractivity contribution in [3.05, 3.63) is 76.3 Å². The van der Waals surface area contributed by atoms with Crippen LogP contribution in [0.1, 0.15) is 16.8 Å². The van der Waals surface area contributed by atoms with E-state index in [1.54, 1.807) is 44.6 Å². The molecule has 9 nitrogen and oxygen atoms in total. The molecule has 1 saturated heterocycles. The molecule has 3 amide bonds. The zero-order valence-electron chi connectivity index (χ0n) is 22.5. The second-order valence-corrected chi connectivity index (χ2v) is 9.97. The molecule has 0 saturated carbocycles. The van der Waals surface area contributed by atoms with Gasteiger partial charge >= 0.3 is 6.03 Å². The van der Waals surface area contributed by atoms with E-state index in [2.05, 4.69) is 31.8 Å². The van der Waals surface area contributed by atoms with E-state index >= 15 is 0 Å². The minimum Gasteiger partial charge on any atom is -0.495 e. The lowest BCUT2D eigenvalue weighted by atomic mass is 10.1. The second kappa shape index (κ2) is 14.1. The number of methoxy groups -OCH3 is 2. The predicted molar refractivity (Wildman–Crippen MR) is 162 cm³/mol. The molecule has 1 aliphatic rings. The van der Waals surface area contributed by atoms with E-state index in [4.69, 9.17) is 32.7 Å². The average molecular weight is 587 g/mol. The Bertz CT molecular complexity index is 1310. The van der Waals surface area contributed by atoms with E-state index in [1.807, 2.05) is 24.3 Å². The number of ether oxygens (including phenoxy) is 2. The number of hydrogen-bond donors (Lipinski definition) is 3. The molecule has 3 N–H and O–H groups in total. The number of rotatable bonds is 10. The molecule has 0 unspecified atom stereocenters. The number of halogens is 2. The quantitative estimate of drug-likeness (QED) is 0.263. The van der Waals surface area contributed by atoms with Crippen molar-refractivity contribution in [1.82, 2.24) is 5.32 Å². The molecule has 0 radical (unpaired) electrons. The fourth-order valence-electron chi connectivity index (χ4n) is 4.56. The summed E-state index contributed by atoms with van der Waals surface area (Å²) in [5, 5.41) is 9.06. The van der Waals surface area contributed by atoms with Gasteiger partial charge in [-0.2, -0.15) is 0 Å². The van der Waals surface area contributed by atoms with E-state index < -0.39 is 6.03 Å². The maximum atomic E-state index is 13.3. The summed E-state index contributed by atoms with van der Waals surface area (Å²) in [6.45, 7) is 3.95. The molecule has 40 heavy (non-hydrogen) atoms. The molecule has 11 heteroatoms. The number of carbonyl (C=O) groups is 2. The summed E-state index contributed by atoms with van der Waals surface area (Å²) < 4.78 is 10.6. The number of para-hydroxylation sites is 3. The van der Waals surface area contributed by atoms with Gasteiger partial charge < -0.3 is 35.2 Å². The van der Waals surface area contributed by atoms with Crippen molar-refractivity contribution in [1.29, 1.82) is 0 Å². The van der Waals surface area contributed by atoms with Crippen LogP contribution in [0.15, 0.2) is 60.7 Å². The van der Waals surface area contributed by atoms with Gasteiger partial charge in [0.05, 0.1) is 34.1 Å². The highest BCUT2D eigenvalue weighted by Crippen LogP contribution is 2.32. The molecular weight excluding hydrogens is 553 g/mol. The number of amides is 3. The topological polar surface area (TPSA) is 95.2 Å². The number of anilines is 4. The van der Waals surface area contributed by atoms with Gasteiger partial charge in [0, 0.05) is 57.8 Å². The summed E-state index contributed by atoms with van der Waals surface area (Å²) in [5.41, 5.74) is 3.08. The average Bonchev–Trinajstić information content (AvgIpc) is 2.97. The zero-order chi connectivity index (χ0) is 28.5. The van der Waals surface area contributed by atoms with Gasteiger partial charge in [0.25, 0.3) is 5.91 Å². The van der Waals surface area contributed by atoms with Crippen molar-refractivity contribution in [2.24, 2.45) is 0 Å². The van der Waals surface area contributed by atoms with E-state index in [0.717, 1.165) is 30.2 Å². The molecule has 0 aromatic heterocycles. The zero-order valence-corrected chi connectivity index (χ0v) is 24.0. The van der Waals surface area contributed by atoms with E-state index in [9.17, 15) is 9.59 Å². The highest BCUT2D eigenvalue weighted by atomic mass is 35.5. The van der Waals surface area contributed by atoms with Crippen molar-refractivity contribution in [2.45, 2.75) is 6.42 Å². The highest BCUT2D eigenvalue weighted by molar-refractivity contribution is 6.39. The number of benzene rings is 3. The van der Waals surface area contributed by atoms with Crippen LogP contribution in [-0.4, -0.2) is 65.5 Å². The molecule has 0 spiro atoms. The van der Waals surface area contributed by atoms with Gasteiger partial charge in [-0.3, -0.25) is 4.79 Å². The minimum atomic E-state index is -0.528. The first kappa shape index (κ1) is 29.3. The number of urea groups is 1. The van der Waals surface area contributed by atoms with E-state index in [1.165, 1.54) is 0 Å². The number of carbonyl (C=O) groups excluding carboxylic acids is 2. The van der Waals surface area contributed by atoms with Crippen LogP contribution >= 0.6 is 23.2 Å². The standard InChI is InChI=1S/C29H33Cl2N5O4/c1-39-18-6-13-32-28(37)21-19-20(33-29(38)34-27-22(30)7-5-8-23(27)31)11-12-24(21)35-14-16-36(17-15-35)25-9-3-4-10-26(25)40-2/h3-5,7-12,19H,6,13-18H2,1-2H3,(H,32,37)(H2,33,34,38). The van der Waals surface area contributed by atoms with Crippen LogP contribution in [0.3, 0.4) is 0 Å². The molecule has 0 aliphatic carbocycles. The SMILES string of the molecule is COCCCNC(=O)c1cc(NC(=O)Nc2c(Cl)cccc2Cl)ccc1N1CCN(c2ccccc2OC)CC1. The first-order valence-electron chi connectivity index (χ1n) is 13.0. The van der Waals surface area contributed by atoms with Crippen molar-refractivity contribution in [2.75, 3.05) is 74.0 Å². The number of hydrogen-bond acceptors (Lipinski definition) is 6. The Morgan fingerprint density at radius 2 is 1.52 bits per heavy atom. The van der Waals surface area contributed by atoms with Crippen LogP contribution in [0.5, 0.6) is 5.75 Å². The molecule has 0 bridgehead atoms. The van der Waals surface area contributed by atoms with E-state index in [-0.39, 0.29) is 5.91 Å². The summed E-state index contributed by atoms with van der Waals surface area (Å²) in [5.74, 6) is 0.607. The van der Waals surface area contributed by atoms with Crippen LogP contribution < -0.4 is 30.5 Å². The van der Waals surface area contributed by atoms with Crippen LogP contribution in [0.4, 0.5) is 27.5 Å². The normalized spacial score (nSPS) is 13.1. The van der Waals surface area contributed by atoms with Crippen LogP contribution in [-0.2, 0) is 4.74 Å². The molecule has 1 heterocycles. The summed E-state index contributed by atoms with van der Waals surface area (Å²) in [7, 11) is 3.30. The van der Waals surface area contributed by atoms with Gasteiger partial charge in [-0.25, -0.2) is 4.79 Å².